The van der Waals surface area contributed by atoms with Gasteiger partial charge in [-0.05, 0) is 58.1 Å². The summed E-state index contributed by atoms with van der Waals surface area (Å²) in [5.41, 5.74) is 0.565. The summed E-state index contributed by atoms with van der Waals surface area (Å²) in [6, 6.07) is -0.133. The van der Waals surface area contributed by atoms with Gasteiger partial charge in [0.25, 0.3) is 0 Å². The number of hydrogen-bond donors (Lipinski definition) is 0. The molecule has 130 valence electrons. The van der Waals surface area contributed by atoms with E-state index in [9.17, 15) is 18.0 Å². The molecule has 1 unspecified atom stereocenters. The number of ether oxygens (including phenoxy) is 1. The Morgan fingerprint density at radius 1 is 1.26 bits per heavy atom. The van der Waals surface area contributed by atoms with Gasteiger partial charge in [-0.15, -0.1) is 11.3 Å². The van der Waals surface area contributed by atoms with Crippen molar-refractivity contribution < 1.29 is 22.7 Å². The van der Waals surface area contributed by atoms with Crippen molar-refractivity contribution in [2.24, 2.45) is 0 Å². The predicted octanol–water partition coefficient (Wildman–Crippen LogP) is 4.80. The Balaban J connectivity index is 2.18. The molecule has 1 aliphatic carbocycles. The molecule has 1 atom stereocenters. The number of alkyl halides is 3. The second kappa shape index (κ2) is 6.00. The molecule has 1 heterocycles. The monoisotopic (exact) mass is 349 g/mol. The van der Waals surface area contributed by atoms with Crippen LogP contribution >= 0.6 is 11.3 Å². The molecule has 0 N–H and O–H groups in total. The van der Waals surface area contributed by atoms with Crippen molar-refractivity contribution in [3.05, 3.63) is 20.9 Å². The van der Waals surface area contributed by atoms with Gasteiger partial charge in [0.1, 0.15) is 10.5 Å². The lowest BCUT2D eigenvalue weighted by atomic mass is 9.88. The molecule has 1 aromatic heterocycles. The average Bonchev–Trinajstić information content (AvgIpc) is 2.73. The van der Waals surface area contributed by atoms with Crippen molar-refractivity contribution in [2.45, 2.75) is 64.8 Å². The van der Waals surface area contributed by atoms with Crippen molar-refractivity contribution in [1.82, 2.24) is 4.90 Å². The third kappa shape index (κ3) is 4.00. The second-order valence-corrected chi connectivity index (χ2v) is 8.15. The molecular weight excluding hydrogens is 327 g/mol. The van der Waals surface area contributed by atoms with Crippen LogP contribution in [-0.4, -0.2) is 29.7 Å². The summed E-state index contributed by atoms with van der Waals surface area (Å²) in [4.78, 5) is 13.9. The molecule has 23 heavy (non-hydrogen) atoms. The van der Waals surface area contributed by atoms with Gasteiger partial charge in [-0.2, -0.15) is 13.2 Å². The van der Waals surface area contributed by atoms with Crippen LogP contribution in [0.3, 0.4) is 0 Å². The van der Waals surface area contributed by atoms with Gasteiger partial charge < -0.3 is 9.64 Å². The Morgan fingerprint density at radius 3 is 2.39 bits per heavy atom. The van der Waals surface area contributed by atoms with E-state index in [-0.39, 0.29) is 6.04 Å². The van der Waals surface area contributed by atoms with Gasteiger partial charge in [0.15, 0.2) is 0 Å². The minimum absolute atomic E-state index is 0.133. The zero-order chi connectivity index (χ0) is 17.6. The van der Waals surface area contributed by atoms with E-state index in [2.05, 4.69) is 0 Å². The summed E-state index contributed by atoms with van der Waals surface area (Å²) >= 11 is 0.810. The number of hydrogen-bond acceptors (Lipinski definition) is 3. The SMILES string of the molecule is Cc1sc(C(F)(F)F)c2c1CC(N(C)C(=O)OC(C)(C)C)CC2. The largest absolute Gasteiger partial charge is 0.444 e. The number of aryl methyl sites for hydroxylation is 1. The normalized spacial score (nSPS) is 18.5. The number of rotatable bonds is 1. The van der Waals surface area contributed by atoms with Gasteiger partial charge >= 0.3 is 12.3 Å². The maximum atomic E-state index is 13.1. The highest BCUT2D eigenvalue weighted by atomic mass is 32.1. The Kier molecular flexibility index (Phi) is 4.72. The van der Waals surface area contributed by atoms with Crippen LogP contribution in [0.2, 0.25) is 0 Å². The number of amides is 1. The van der Waals surface area contributed by atoms with Crippen LogP contribution in [0, 0.1) is 6.92 Å². The molecule has 1 amide bonds. The lowest BCUT2D eigenvalue weighted by Gasteiger charge is -2.33. The van der Waals surface area contributed by atoms with Gasteiger partial charge in [0, 0.05) is 18.0 Å². The molecular formula is C16H22F3NO2S. The fourth-order valence-corrected chi connectivity index (χ4v) is 3.95. The smallest absolute Gasteiger partial charge is 0.425 e. The van der Waals surface area contributed by atoms with E-state index in [0.717, 1.165) is 16.9 Å². The minimum Gasteiger partial charge on any atom is -0.444 e. The first-order valence-corrected chi connectivity index (χ1v) is 8.36. The number of halogens is 3. The highest BCUT2D eigenvalue weighted by Crippen LogP contribution is 2.43. The van der Waals surface area contributed by atoms with Crippen LogP contribution < -0.4 is 0 Å². The third-order valence-electron chi connectivity index (χ3n) is 3.97. The average molecular weight is 349 g/mol. The molecule has 0 aromatic carbocycles. The molecule has 0 bridgehead atoms. The second-order valence-electron chi connectivity index (χ2n) is 6.93. The molecule has 2 rings (SSSR count). The summed E-state index contributed by atoms with van der Waals surface area (Å²) < 4.78 is 44.6. The zero-order valence-electron chi connectivity index (χ0n) is 14.0. The number of carbonyl (C=O) groups excluding carboxylic acids is 1. The van der Waals surface area contributed by atoms with Gasteiger partial charge in [0.05, 0.1) is 0 Å². The quantitative estimate of drug-likeness (QED) is 0.729. The first-order valence-electron chi connectivity index (χ1n) is 7.54. The van der Waals surface area contributed by atoms with Crippen LogP contribution in [0.15, 0.2) is 0 Å². The molecule has 0 aliphatic heterocycles. The molecule has 0 fully saturated rings. The van der Waals surface area contributed by atoms with Gasteiger partial charge in [-0.25, -0.2) is 4.79 Å². The zero-order valence-corrected chi connectivity index (χ0v) is 14.8. The Morgan fingerprint density at radius 2 is 1.87 bits per heavy atom. The number of carbonyl (C=O) groups is 1. The van der Waals surface area contributed by atoms with E-state index in [1.807, 2.05) is 0 Å². The number of thiophene rings is 1. The highest BCUT2D eigenvalue weighted by Gasteiger charge is 2.40. The van der Waals surface area contributed by atoms with Gasteiger partial charge in [-0.1, -0.05) is 0 Å². The van der Waals surface area contributed by atoms with E-state index in [4.69, 9.17) is 4.74 Å². The van der Waals surface area contributed by atoms with Gasteiger partial charge in [0.2, 0.25) is 0 Å². The Labute approximate surface area is 138 Å². The molecule has 1 aliphatic rings. The van der Waals surface area contributed by atoms with Crippen molar-refractivity contribution in [3.63, 3.8) is 0 Å². The Bertz CT molecular complexity index is 602. The lowest BCUT2D eigenvalue weighted by molar-refractivity contribution is -0.135. The molecule has 1 aromatic rings. The Hall–Kier alpha value is -1.24. The number of fused-ring (bicyclic) bond motifs is 1. The van der Waals surface area contributed by atoms with E-state index in [1.54, 1.807) is 34.7 Å². The maximum Gasteiger partial charge on any atom is 0.425 e. The van der Waals surface area contributed by atoms with Crippen LogP contribution in [-0.2, 0) is 23.8 Å². The van der Waals surface area contributed by atoms with Crippen molar-refractivity contribution in [2.75, 3.05) is 7.05 Å². The van der Waals surface area contributed by atoms with Gasteiger partial charge in [-0.3, -0.25) is 0 Å². The summed E-state index contributed by atoms with van der Waals surface area (Å²) in [7, 11) is 1.65. The first-order chi connectivity index (χ1) is 10.4. The predicted molar refractivity (Wildman–Crippen MR) is 83.9 cm³/mol. The standard InChI is InChI=1S/C16H22F3NO2S/c1-9-12-8-10(20(5)14(21)22-15(2,3)4)6-7-11(12)13(23-9)16(17,18)19/h10H,6-8H2,1-5H3. The van der Waals surface area contributed by atoms with Crippen LogP contribution in [0.1, 0.15) is 48.1 Å². The van der Waals surface area contributed by atoms with E-state index in [0.29, 0.717) is 29.7 Å². The fraction of sp³-hybridized carbons (Fsp3) is 0.688. The number of likely N-dealkylation sites (N-methyl/N-ethyl adjacent to an activating group) is 1. The van der Waals surface area contributed by atoms with E-state index in [1.165, 1.54) is 4.90 Å². The molecule has 0 saturated carbocycles. The molecule has 0 radical (unpaired) electrons. The highest BCUT2D eigenvalue weighted by molar-refractivity contribution is 7.12. The number of nitrogens with zero attached hydrogens (tertiary/aromatic N) is 1. The summed E-state index contributed by atoms with van der Waals surface area (Å²) in [5.74, 6) is 0. The molecule has 3 nitrogen and oxygen atoms in total. The van der Waals surface area contributed by atoms with Crippen molar-refractivity contribution >= 4 is 17.4 Å². The van der Waals surface area contributed by atoms with Crippen LogP contribution in [0.4, 0.5) is 18.0 Å². The summed E-state index contributed by atoms with van der Waals surface area (Å²) in [6.07, 6.45) is -3.43. The minimum atomic E-state index is -4.30. The lowest BCUT2D eigenvalue weighted by Crippen LogP contribution is -2.43. The molecule has 0 saturated heterocycles. The topological polar surface area (TPSA) is 29.5 Å². The van der Waals surface area contributed by atoms with E-state index < -0.39 is 22.7 Å². The summed E-state index contributed by atoms with van der Waals surface area (Å²) in [6.45, 7) is 7.08. The molecule has 0 spiro atoms. The van der Waals surface area contributed by atoms with E-state index >= 15 is 0 Å². The van der Waals surface area contributed by atoms with Crippen molar-refractivity contribution in [3.8, 4) is 0 Å². The summed E-state index contributed by atoms with van der Waals surface area (Å²) in [5, 5.41) is 0. The maximum absolute atomic E-state index is 13.1. The molecule has 7 heteroatoms. The first kappa shape index (κ1) is 18.1. The fourth-order valence-electron chi connectivity index (χ4n) is 2.85. The van der Waals surface area contributed by atoms with Crippen LogP contribution in [0.25, 0.3) is 0 Å². The van der Waals surface area contributed by atoms with Crippen LogP contribution in [0.5, 0.6) is 0 Å². The van der Waals surface area contributed by atoms with Crippen molar-refractivity contribution in [1.29, 1.82) is 0 Å². The third-order valence-corrected chi connectivity index (χ3v) is 5.21.